The highest BCUT2D eigenvalue weighted by Gasteiger charge is 2.01. The molecule has 0 unspecified atom stereocenters. The van der Waals surface area contributed by atoms with Crippen LogP contribution < -0.4 is 8.43 Å². The van der Waals surface area contributed by atoms with E-state index < -0.39 is 0 Å². The third kappa shape index (κ3) is 2.51. The molecular weight excluding hydrogens is 240 g/mol. The maximum Gasteiger partial charge on any atom is 0.509 e. The van der Waals surface area contributed by atoms with Crippen LogP contribution in [0.5, 0.6) is 5.75 Å². The lowest BCUT2D eigenvalue weighted by Gasteiger charge is -2.02. The highest BCUT2D eigenvalue weighted by atomic mass is 79.9. The summed E-state index contributed by atoms with van der Waals surface area (Å²) in [5.74, 6) is 0.814. The molecule has 0 atom stereocenters. The van der Waals surface area contributed by atoms with Crippen molar-refractivity contribution in [2.24, 2.45) is 0 Å². The van der Waals surface area contributed by atoms with Gasteiger partial charge in [-0.05, 0) is 12.1 Å². The van der Waals surface area contributed by atoms with Crippen molar-refractivity contribution in [1.29, 1.82) is 0 Å². The van der Waals surface area contributed by atoms with Crippen LogP contribution in [0, 0.1) is 0 Å². The molecule has 0 aliphatic heterocycles. The molecule has 0 fully saturated rings. The van der Waals surface area contributed by atoms with Gasteiger partial charge in [0.05, 0.1) is 7.11 Å². The summed E-state index contributed by atoms with van der Waals surface area (Å²) in [6.45, 7) is 0. The van der Waals surface area contributed by atoms with E-state index in [-0.39, 0.29) is 18.2 Å². The minimum Gasteiger partial charge on any atom is -0.497 e. The van der Waals surface area contributed by atoms with E-state index in [0.717, 1.165) is 10.8 Å². The van der Waals surface area contributed by atoms with Gasteiger partial charge in [-0.1, -0.05) is 17.7 Å². The first kappa shape index (κ1) is 9.64. The number of ether oxygens (including phenoxy) is 1. The SMILES string of the molecule is COc1cc[c]([Mg][Br])c(Cl)c1. The van der Waals surface area contributed by atoms with Crippen LogP contribution in [-0.4, -0.2) is 25.3 Å². The van der Waals surface area contributed by atoms with Crippen LogP contribution in [0.25, 0.3) is 0 Å². The smallest absolute Gasteiger partial charge is 0.497 e. The van der Waals surface area contributed by atoms with Crippen LogP contribution in [-0.2, 0) is 0 Å². The van der Waals surface area contributed by atoms with Gasteiger partial charge in [0.25, 0.3) is 0 Å². The van der Waals surface area contributed by atoms with Crippen LogP contribution >= 0.6 is 24.5 Å². The van der Waals surface area contributed by atoms with Gasteiger partial charge >= 0.3 is 18.2 Å². The minimum absolute atomic E-state index is 0.336. The molecule has 1 nitrogen and oxygen atoms in total. The Balaban J connectivity index is 2.99. The molecule has 0 N–H and O–H groups in total. The first-order valence-electron chi connectivity index (χ1n) is 3.16. The summed E-state index contributed by atoms with van der Waals surface area (Å²) >= 11 is 9.07. The lowest BCUT2D eigenvalue weighted by atomic mass is 10.3. The molecule has 0 heterocycles. The highest BCUT2D eigenvalue weighted by molar-refractivity contribution is 9.23. The first-order chi connectivity index (χ1) is 5.27. The second-order valence-corrected chi connectivity index (χ2v) is 5.21. The van der Waals surface area contributed by atoms with E-state index >= 15 is 0 Å². The molecule has 0 aliphatic rings. The van der Waals surface area contributed by atoms with Crippen molar-refractivity contribution in [3.05, 3.63) is 23.2 Å². The number of hydrogen-bond donors (Lipinski definition) is 0. The summed E-state index contributed by atoms with van der Waals surface area (Å²) in [6, 6.07) is 5.77. The fraction of sp³-hybridized carbons (Fsp3) is 0.143. The largest absolute Gasteiger partial charge is 0.509 e. The molecule has 0 amide bonds. The average Bonchev–Trinajstić information content (AvgIpc) is 2.04. The van der Waals surface area contributed by atoms with Crippen molar-refractivity contribution in [3.8, 4) is 5.75 Å². The quantitative estimate of drug-likeness (QED) is 0.725. The Hall–Kier alpha value is 0.556. The molecule has 0 aliphatic carbocycles. The van der Waals surface area contributed by atoms with Gasteiger partial charge in [0.2, 0.25) is 0 Å². The van der Waals surface area contributed by atoms with E-state index in [1.807, 2.05) is 18.2 Å². The summed E-state index contributed by atoms with van der Waals surface area (Å²) in [5, 5.41) is 0.799. The normalized spacial score (nSPS) is 9.00. The zero-order chi connectivity index (χ0) is 8.27. The van der Waals surface area contributed by atoms with Gasteiger partial charge in [-0.2, -0.15) is 0 Å². The number of hydrogen-bond acceptors (Lipinski definition) is 1. The molecule has 0 saturated carbocycles. The van der Waals surface area contributed by atoms with Gasteiger partial charge in [0.1, 0.15) is 5.75 Å². The molecule has 1 rings (SSSR count). The molecule has 0 aromatic heterocycles. The van der Waals surface area contributed by atoms with Crippen molar-refractivity contribution < 1.29 is 4.74 Å². The molecule has 0 bridgehead atoms. The second-order valence-electron chi connectivity index (χ2n) is 2.09. The maximum absolute atomic E-state index is 5.93. The third-order valence-electron chi connectivity index (χ3n) is 1.40. The van der Waals surface area contributed by atoms with Crippen LogP contribution in [0.3, 0.4) is 0 Å². The molecule has 1 aromatic carbocycles. The van der Waals surface area contributed by atoms with Gasteiger partial charge < -0.3 is 4.74 Å². The average molecular weight is 246 g/mol. The van der Waals surface area contributed by atoms with Crippen LogP contribution in [0.1, 0.15) is 0 Å². The van der Waals surface area contributed by atoms with E-state index in [2.05, 4.69) is 12.9 Å². The Morgan fingerprint density at radius 1 is 1.55 bits per heavy atom. The summed E-state index contributed by atoms with van der Waals surface area (Å²) in [4.78, 5) is 0. The van der Waals surface area contributed by atoms with Crippen LogP contribution in [0.4, 0.5) is 0 Å². The molecule has 11 heavy (non-hydrogen) atoms. The Morgan fingerprint density at radius 3 is 2.73 bits per heavy atom. The Bertz CT molecular complexity index is 254. The zero-order valence-electron chi connectivity index (χ0n) is 6.10. The Kier molecular flexibility index (Phi) is 3.99. The molecule has 0 radical (unpaired) electrons. The van der Waals surface area contributed by atoms with Crippen molar-refractivity contribution in [2.45, 2.75) is 0 Å². The van der Waals surface area contributed by atoms with Crippen LogP contribution in [0.15, 0.2) is 18.2 Å². The third-order valence-corrected chi connectivity index (χ3v) is 4.70. The number of rotatable bonds is 2. The van der Waals surface area contributed by atoms with Crippen LogP contribution in [0.2, 0.25) is 5.02 Å². The van der Waals surface area contributed by atoms with Gasteiger partial charge in [-0.3, -0.25) is 12.9 Å². The lowest BCUT2D eigenvalue weighted by Crippen LogP contribution is -2.09. The second kappa shape index (κ2) is 4.55. The predicted octanol–water partition coefficient (Wildman–Crippen LogP) is 1.99. The van der Waals surface area contributed by atoms with Gasteiger partial charge in [0, 0.05) is 5.02 Å². The molecule has 0 saturated heterocycles. The Labute approximate surface area is 86.7 Å². The van der Waals surface area contributed by atoms with E-state index in [4.69, 9.17) is 16.3 Å². The van der Waals surface area contributed by atoms with E-state index in [1.54, 1.807) is 7.11 Å². The van der Waals surface area contributed by atoms with Crippen molar-refractivity contribution in [3.63, 3.8) is 0 Å². The van der Waals surface area contributed by atoms with Gasteiger partial charge in [0.15, 0.2) is 0 Å². The monoisotopic (exact) mass is 244 g/mol. The predicted molar refractivity (Wildman–Crippen MR) is 52.3 cm³/mol. The van der Waals surface area contributed by atoms with Gasteiger partial charge in [-0.15, -0.1) is 3.69 Å². The number of methoxy groups -OCH3 is 1. The molecule has 1 aromatic rings. The molecule has 0 spiro atoms. The number of halogens is 2. The maximum atomic E-state index is 5.93. The van der Waals surface area contributed by atoms with Crippen molar-refractivity contribution >= 4 is 46.4 Å². The van der Waals surface area contributed by atoms with E-state index in [9.17, 15) is 0 Å². The van der Waals surface area contributed by atoms with Crippen molar-refractivity contribution in [2.75, 3.05) is 7.11 Å². The molecule has 56 valence electrons. The summed E-state index contributed by atoms with van der Waals surface area (Å²) < 4.78 is 6.23. The van der Waals surface area contributed by atoms with Crippen molar-refractivity contribution in [1.82, 2.24) is 0 Å². The molecule has 4 heteroatoms. The fourth-order valence-corrected chi connectivity index (χ4v) is 3.52. The fourth-order valence-electron chi connectivity index (χ4n) is 0.763. The summed E-state index contributed by atoms with van der Waals surface area (Å²) in [5.41, 5.74) is 0. The number of benzene rings is 1. The first-order valence-corrected chi connectivity index (χ1v) is 8.14. The minimum atomic E-state index is -0.336. The lowest BCUT2D eigenvalue weighted by molar-refractivity contribution is 0.415. The van der Waals surface area contributed by atoms with Gasteiger partial charge in [-0.25, -0.2) is 0 Å². The topological polar surface area (TPSA) is 9.23 Å². The summed E-state index contributed by atoms with van der Waals surface area (Å²) in [6.07, 6.45) is 0. The van der Waals surface area contributed by atoms with E-state index in [1.165, 1.54) is 3.69 Å². The highest BCUT2D eigenvalue weighted by Crippen LogP contribution is 2.14. The standard InChI is InChI=1S/C7H6ClO.BrH.Mg/c1-9-7-4-2-3-6(8)5-7;;/h2,4-5H,1H3;1H;/q;;+1/p-1. The van der Waals surface area contributed by atoms with E-state index in [0.29, 0.717) is 0 Å². The molecular formula is C7H6BrClMgO. The zero-order valence-corrected chi connectivity index (χ0v) is 9.86. The Morgan fingerprint density at radius 2 is 2.27 bits per heavy atom. The summed E-state index contributed by atoms with van der Waals surface area (Å²) in [7, 11) is 1.64.